The van der Waals surface area contributed by atoms with Gasteiger partial charge in [-0.2, -0.15) is 0 Å². The molecule has 0 aliphatic rings. The molecule has 102 valence electrons. The standard InChI is InChI=1S/C13H19ClFNO2/c1-9(16-11(5-6-17)8-18-2)10-3-4-12(14)13(15)7-10/h3-4,7,9,11,16-17H,5-6,8H2,1-2H3. The van der Waals surface area contributed by atoms with Crippen LogP contribution in [0.1, 0.15) is 24.9 Å². The number of hydrogen-bond acceptors (Lipinski definition) is 3. The first-order chi connectivity index (χ1) is 8.58. The average Bonchev–Trinajstić information content (AvgIpc) is 2.33. The molecule has 2 unspecified atom stereocenters. The Morgan fingerprint density at radius 3 is 2.78 bits per heavy atom. The molecule has 1 aromatic rings. The van der Waals surface area contributed by atoms with Gasteiger partial charge < -0.3 is 15.2 Å². The van der Waals surface area contributed by atoms with Gasteiger partial charge in [-0.25, -0.2) is 4.39 Å². The molecule has 1 aromatic carbocycles. The number of aliphatic hydroxyl groups excluding tert-OH is 1. The van der Waals surface area contributed by atoms with Crippen LogP contribution in [0, 0.1) is 5.82 Å². The lowest BCUT2D eigenvalue weighted by Gasteiger charge is -2.22. The summed E-state index contributed by atoms with van der Waals surface area (Å²) in [5, 5.41) is 12.4. The molecule has 1 rings (SSSR count). The van der Waals surface area contributed by atoms with E-state index in [0.717, 1.165) is 5.56 Å². The van der Waals surface area contributed by atoms with Crippen molar-refractivity contribution in [2.24, 2.45) is 0 Å². The minimum Gasteiger partial charge on any atom is -0.396 e. The van der Waals surface area contributed by atoms with E-state index < -0.39 is 5.82 Å². The van der Waals surface area contributed by atoms with Crippen LogP contribution in [0.2, 0.25) is 5.02 Å². The number of rotatable bonds is 7. The van der Waals surface area contributed by atoms with Crippen molar-refractivity contribution in [3.63, 3.8) is 0 Å². The number of hydrogen-bond donors (Lipinski definition) is 2. The highest BCUT2D eigenvalue weighted by Gasteiger charge is 2.14. The molecule has 0 aliphatic heterocycles. The van der Waals surface area contributed by atoms with Crippen molar-refractivity contribution in [1.82, 2.24) is 5.32 Å². The highest BCUT2D eigenvalue weighted by molar-refractivity contribution is 6.30. The lowest BCUT2D eigenvalue weighted by molar-refractivity contribution is 0.143. The zero-order valence-electron chi connectivity index (χ0n) is 10.6. The van der Waals surface area contributed by atoms with Crippen molar-refractivity contribution in [2.75, 3.05) is 20.3 Å². The molecule has 3 nitrogen and oxygen atoms in total. The first kappa shape index (κ1) is 15.4. The summed E-state index contributed by atoms with van der Waals surface area (Å²) in [7, 11) is 1.61. The van der Waals surface area contributed by atoms with Crippen LogP contribution in [0.3, 0.4) is 0 Å². The first-order valence-corrected chi connectivity index (χ1v) is 6.27. The van der Waals surface area contributed by atoms with E-state index in [1.54, 1.807) is 19.2 Å². The number of ether oxygens (including phenoxy) is 1. The van der Waals surface area contributed by atoms with Crippen LogP contribution >= 0.6 is 11.6 Å². The van der Waals surface area contributed by atoms with Crippen LogP contribution in [0.4, 0.5) is 4.39 Å². The fraction of sp³-hybridized carbons (Fsp3) is 0.538. The molecule has 0 aromatic heterocycles. The maximum Gasteiger partial charge on any atom is 0.142 e. The molecule has 18 heavy (non-hydrogen) atoms. The largest absolute Gasteiger partial charge is 0.396 e. The lowest BCUT2D eigenvalue weighted by atomic mass is 10.1. The van der Waals surface area contributed by atoms with Crippen molar-refractivity contribution in [1.29, 1.82) is 0 Å². The zero-order valence-corrected chi connectivity index (χ0v) is 11.4. The summed E-state index contributed by atoms with van der Waals surface area (Å²) < 4.78 is 18.4. The SMILES string of the molecule is COCC(CCO)NC(C)c1ccc(Cl)c(F)c1. The minimum absolute atomic E-state index is 0.0359. The highest BCUT2D eigenvalue weighted by atomic mass is 35.5. The van der Waals surface area contributed by atoms with Crippen molar-refractivity contribution in [3.05, 3.63) is 34.6 Å². The van der Waals surface area contributed by atoms with Gasteiger partial charge in [0.1, 0.15) is 5.82 Å². The molecule has 0 saturated heterocycles. The van der Waals surface area contributed by atoms with Crippen LogP contribution in [0.5, 0.6) is 0 Å². The van der Waals surface area contributed by atoms with Crippen molar-refractivity contribution in [2.45, 2.75) is 25.4 Å². The van der Waals surface area contributed by atoms with E-state index in [9.17, 15) is 4.39 Å². The summed E-state index contributed by atoms with van der Waals surface area (Å²) in [5.41, 5.74) is 0.816. The molecule has 0 bridgehead atoms. The molecule has 0 radical (unpaired) electrons. The number of aliphatic hydroxyl groups is 1. The maximum atomic E-state index is 13.3. The van der Waals surface area contributed by atoms with Crippen LogP contribution in [-0.2, 0) is 4.74 Å². The second kappa shape index (κ2) is 7.69. The molecule has 0 saturated carbocycles. The van der Waals surface area contributed by atoms with Gasteiger partial charge in [-0.3, -0.25) is 0 Å². The van der Waals surface area contributed by atoms with E-state index in [0.29, 0.717) is 13.0 Å². The zero-order chi connectivity index (χ0) is 13.5. The lowest BCUT2D eigenvalue weighted by Crippen LogP contribution is -2.36. The van der Waals surface area contributed by atoms with Gasteiger partial charge in [0.25, 0.3) is 0 Å². The van der Waals surface area contributed by atoms with Crippen molar-refractivity contribution in [3.8, 4) is 0 Å². The van der Waals surface area contributed by atoms with E-state index >= 15 is 0 Å². The fourth-order valence-electron chi connectivity index (χ4n) is 1.80. The van der Waals surface area contributed by atoms with Gasteiger partial charge in [0.15, 0.2) is 0 Å². The van der Waals surface area contributed by atoms with E-state index in [1.165, 1.54) is 6.07 Å². The molecular weight excluding hydrogens is 257 g/mol. The van der Waals surface area contributed by atoms with E-state index in [4.69, 9.17) is 21.4 Å². The van der Waals surface area contributed by atoms with Gasteiger partial charge in [0, 0.05) is 25.8 Å². The predicted molar refractivity (Wildman–Crippen MR) is 70.3 cm³/mol. The second-order valence-corrected chi connectivity index (χ2v) is 4.63. The Morgan fingerprint density at radius 1 is 1.50 bits per heavy atom. The number of halogens is 2. The summed E-state index contributed by atoms with van der Waals surface area (Å²) >= 11 is 5.64. The molecule has 0 amide bonds. The topological polar surface area (TPSA) is 41.5 Å². The monoisotopic (exact) mass is 275 g/mol. The van der Waals surface area contributed by atoms with Gasteiger partial charge in [-0.15, -0.1) is 0 Å². The molecule has 2 atom stereocenters. The van der Waals surface area contributed by atoms with Gasteiger partial charge in [0.05, 0.1) is 11.6 Å². The van der Waals surface area contributed by atoms with E-state index in [1.807, 2.05) is 6.92 Å². The second-order valence-electron chi connectivity index (χ2n) is 4.23. The molecule has 2 N–H and O–H groups in total. The molecular formula is C13H19ClFNO2. The van der Waals surface area contributed by atoms with Crippen molar-refractivity contribution >= 4 is 11.6 Å². The summed E-state index contributed by atoms with van der Waals surface area (Å²) in [6.45, 7) is 2.52. The van der Waals surface area contributed by atoms with E-state index in [-0.39, 0.29) is 23.7 Å². The third kappa shape index (κ3) is 4.53. The summed E-state index contributed by atoms with van der Waals surface area (Å²) in [6, 6.07) is 4.74. The van der Waals surface area contributed by atoms with E-state index in [2.05, 4.69) is 5.32 Å². The average molecular weight is 276 g/mol. The third-order valence-corrected chi connectivity index (χ3v) is 3.08. The van der Waals surface area contributed by atoms with Crippen LogP contribution in [0.15, 0.2) is 18.2 Å². The number of benzene rings is 1. The Balaban J connectivity index is 2.67. The van der Waals surface area contributed by atoms with Crippen LogP contribution in [0.25, 0.3) is 0 Å². The summed E-state index contributed by atoms with van der Waals surface area (Å²) in [6.07, 6.45) is 0.592. The van der Waals surface area contributed by atoms with Crippen LogP contribution in [-0.4, -0.2) is 31.5 Å². The molecule has 0 heterocycles. The third-order valence-electron chi connectivity index (χ3n) is 2.77. The summed E-state index contributed by atoms with van der Waals surface area (Å²) in [4.78, 5) is 0. The number of methoxy groups -OCH3 is 1. The van der Waals surface area contributed by atoms with Gasteiger partial charge in [-0.1, -0.05) is 17.7 Å². The molecule has 0 spiro atoms. The van der Waals surface area contributed by atoms with Gasteiger partial charge in [-0.05, 0) is 31.0 Å². The maximum absolute atomic E-state index is 13.3. The van der Waals surface area contributed by atoms with Gasteiger partial charge >= 0.3 is 0 Å². The molecule has 0 fully saturated rings. The predicted octanol–water partition coefficient (Wildman–Crippen LogP) is 2.53. The van der Waals surface area contributed by atoms with Gasteiger partial charge in [0.2, 0.25) is 0 Å². The quantitative estimate of drug-likeness (QED) is 0.803. The molecule has 5 heteroatoms. The Bertz CT molecular complexity index is 370. The van der Waals surface area contributed by atoms with Crippen molar-refractivity contribution < 1.29 is 14.2 Å². The Hall–Kier alpha value is -0.680. The number of nitrogens with one attached hydrogen (secondary N) is 1. The van der Waals surface area contributed by atoms with Crippen LogP contribution < -0.4 is 5.32 Å². The normalized spacial score (nSPS) is 14.5. The first-order valence-electron chi connectivity index (χ1n) is 5.89. The Morgan fingerprint density at radius 2 is 2.22 bits per heavy atom. The fourth-order valence-corrected chi connectivity index (χ4v) is 1.92. The molecule has 0 aliphatic carbocycles. The Labute approximate surface area is 112 Å². The smallest absolute Gasteiger partial charge is 0.142 e. The highest BCUT2D eigenvalue weighted by Crippen LogP contribution is 2.20. The summed E-state index contributed by atoms with van der Waals surface area (Å²) in [5.74, 6) is -0.423. The Kier molecular flexibility index (Phi) is 6.57. The minimum atomic E-state index is -0.423.